The number of piperidine rings is 1. The van der Waals surface area contributed by atoms with Gasteiger partial charge in [-0.3, -0.25) is 9.59 Å². The number of esters is 1. The molecule has 4 nitrogen and oxygen atoms in total. The van der Waals surface area contributed by atoms with E-state index in [0.29, 0.717) is 25.9 Å². The highest BCUT2D eigenvalue weighted by Crippen LogP contribution is 2.21. The fourth-order valence-corrected chi connectivity index (χ4v) is 1.65. The molecule has 16 heavy (non-hydrogen) atoms. The number of carbonyl (C=O) groups is 2. The number of amides is 1. The zero-order valence-electron chi connectivity index (χ0n) is 9.96. The monoisotopic (exact) mass is 247 g/mol. The lowest BCUT2D eigenvalue weighted by molar-refractivity contribution is -0.160. The normalized spacial score (nSPS) is 18.4. The summed E-state index contributed by atoms with van der Waals surface area (Å²) in [5.74, 6) is -0.192. The zero-order valence-corrected chi connectivity index (χ0v) is 10.7. The van der Waals surface area contributed by atoms with E-state index >= 15 is 0 Å². The lowest BCUT2D eigenvalue weighted by Gasteiger charge is -2.31. The first-order chi connectivity index (χ1) is 7.30. The minimum atomic E-state index is -0.473. The summed E-state index contributed by atoms with van der Waals surface area (Å²) in [5.41, 5.74) is -0.473. The van der Waals surface area contributed by atoms with Crippen molar-refractivity contribution in [2.45, 2.75) is 39.7 Å². The molecule has 1 aliphatic rings. The van der Waals surface area contributed by atoms with Gasteiger partial charge in [0, 0.05) is 25.9 Å². The molecule has 0 spiro atoms. The highest BCUT2D eigenvalue weighted by molar-refractivity contribution is 6.62. The predicted octanol–water partition coefficient (Wildman–Crippen LogP) is 2.40. The molecule has 1 aliphatic heterocycles. The van der Waals surface area contributed by atoms with Crippen LogP contribution in [0.2, 0.25) is 0 Å². The molecule has 0 N–H and O–H groups in total. The highest BCUT2D eigenvalue weighted by atomic mass is 35.5. The second-order valence-corrected chi connectivity index (χ2v) is 5.42. The van der Waals surface area contributed by atoms with Gasteiger partial charge in [0.05, 0.1) is 5.41 Å². The number of halogens is 1. The van der Waals surface area contributed by atoms with Gasteiger partial charge in [-0.25, -0.2) is 0 Å². The maximum absolute atomic E-state index is 11.6. The van der Waals surface area contributed by atoms with Gasteiger partial charge in [-0.05, 0) is 32.4 Å². The van der Waals surface area contributed by atoms with E-state index in [4.69, 9.17) is 16.3 Å². The van der Waals surface area contributed by atoms with Crippen LogP contribution >= 0.6 is 11.6 Å². The first kappa shape index (κ1) is 13.3. The van der Waals surface area contributed by atoms with Crippen molar-refractivity contribution >= 4 is 22.9 Å². The van der Waals surface area contributed by atoms with Gasteiger partial charge >= 0.3 is 11.3 Å². The van der Waals surface area contributed by atoms with Crippen LogP contribution in [0.15, 0.2) is 0 Å². The highest BCUT2D eigenvalue weighted by Gasteiger charge is 2.29. The van der Waals surface area contributed by atoms with E-state index in [0.717, 1.165) is 0 Å². The Bertz CT molecular complexity index is 277. The number of nitrogens with zero attached hydrogens (tertiary/aromatic N) is 1. The van der Waals surface area contributed by atoms with Crippen molar-refractivity contribution in [1.29, 1.82) is 0 Å². The molecule has 1 rings (SSSR count). The number of ether oxygens (including phenoxy) is 1. The smallest absolute Gasteiger partial charge is 0.316 e. The third kappa shape index (κ3) is 3.67. The van der Waals surface area contributed by atoms with E-state index in [2.05, 4.69) is 0 Å². The number of likely N-dealkylation sites (tertiary alicyclic amines) is 1. The lowest BCUT2D eigenvalue weighted by atomic mass is 9.97. The fraction of sp³-hybridized carbons (Fsp3) is 0.818. The van der Waals surface area contributed by atoms with Crippen molar-refractivity contribution in [3.8, 4) is 0 Å². The Kier molecular flexibility index (Phi) is 4.19. The predicted molar refractivity (Wildman–Crippen MR) is 61.4 cm³/mol. The lowest BCUT2D eigenvalue weighted by Crippen LogP contribution is -2.40. The summed E-state index contributed by atoms with van der Waals surface area (Å²) in [7, 11) is 0. The van der Waals surface area contributed by atoms with Crippen molar-refractivity contribution < 1.29 is 14.3 Å². The molecule has 5 heteroatoms. The topological polar surface area (TPSA) is 46.6 Å². The van der Waals surface area contributed by atoms with E-state index in [9.17, 15) is 9.59 Å². The maximum Gasteiger partial charge on any atom is 0.316 e. The van der Waals surface area contributed by atoms with Gasteiger partial charge in [0.1, 0.15) is 6.10 Å². The average molecular weight is 248 g/mol. The molecule has 0 aromatic heterocycles. The molecule has 0 saturated carbocycles. The van der Waals surface area contributed by atoms with Gasteiger partial charge < -0.3 is 9.64 Å². The molecule has 1 saturated heterocycles. The van der Waals surface area contributed by atoms with E-state index in [1.807, 2.05) is 20.8 Å². The molecule has 1 amide bonds. The summed E-state index contributed by atoms with van der Waals surface area (Å²) in [6.07, 6.45) is 1.25. The van der Waals surface area contributed by atoms with Crippen molar-refractivity contribution in [3.05, 3.63) is 0 Å². The first-order valence-electron chi connectivity index (χ1n) is 5.46. The fourth-order valence-electron chi connectivity index (χ4n) is 1.48. The second-order valence-electron chi connectivity index (χ2n) is 5.09. The van der Waals surface area contributed by atoms with Crippen LogP contribution in [0, 0.1) is 5.41 Å². The largest absolute Gasteiger partial charge is 0.462 e. The van der Waals surface area contributed by atoms with Gasteiger partial charge in [-0.15, -0.1) is 0 Å². The Morgan fingerprint density at radius 3 is 2.12 bits per heavy atom. The van der Waals surface area contributed by atoms with E-state index in [1.165, 1.54) is 0 Å². The van der Waals surface area contributed by atoms with Crippen molar-refractivity contribution in [1.82, 2.24) is 4.90 Å². The van der Waals surface area contributed by atoms with Crippen LogP contribution in [0.1, 0.15) is 33.6 Å². The van der Waals surface area contributed by atoms with Crippen LogP contribution in [0.5, 0.6) is 0 Å². The molecule has 1 fully saturated rings. The molecular weight excluding hydrogens is 230 g/mol. The molecule has 0 aromatic carbocycles. The Balaban J connectivity index is 2.38. The first-order valence-corrected chi connectivity index (χ1v) is 5.84. The van der Waals surface area contributed by atoms with E-state index < -0.39 is 10.8 Å². The Morgan fingerprint density at radius 2 is 1.75 bits per heavy atom. The summed E-state index contributed by atoms with van der Waals surface area (Å²) in [6, 6.07) is 0. The van der Waals surface area contributed by atoms with Gasteiger partial charge in [-0.1, -0.05) is 0 Å². The zero-order chi connectivity index (χ0) is 12.3. The molecule has 92 valence electrons. The summed E-state index contributed by atoms with van der Waals surface area (Å²) < 4.78 is 5.36. The van der Waals surface area contributed by atoms with Crippen LogP contribution in [0.3, 0.4) is 0 Å². The second kappa shape index (κ2) is 5.04. The van der Waals surface area contributed by atoms with Gasteiger partial charge in [-0.2, -0.15) is 0 Å². The Morgan fingerprint density at radius 1 is 1.25 bits per heavy atom. The molecule has 0 unspecified atom stereocenters. The summed E-state index contributed by atoms with van der Waals surface area (Å²) in [6.45, 7) is 6.60. The quantitative estimate of drug-likeness (QED) is 0.406. The third-order valence-electron chi connectivity index (χ3n) is 2.58. The van der Waals surface area contributed by atoms with Gasteiger partial charge in [0.15, 0.2) is 0 Å². The third-order valence-corrected chi connectivity index (χ3v) is 2.82. The number of carbonyl (C=O) groups excluding carboxylic acids is 2. The SMILES string of the molecule is CC(C)(C)C(=O)OC1CCN(C(=O)Cl)CC1. The molecule has 0 bridgehead atoms. The molecular formula is C11H18ClNO3. The molecule has 0 atom stereocenters. The van der Waals surface area contributed by atoms with Crippen LogP contribution in [0.25, 0.3) is 0 Å². The van der Waals surface area contributed by atoms with Gasteiger partial charge in [0.2, 0.25) is 0 Å². The molecule has 0 aliphatic carbocycles. The van der Waals surface area contributed by atoms with Crippen molar-refractivity contribution in [2.24, 2.45) is 5.41 Å². The van der Waals surface area contributed by atoms with Crippen LogP contribution in [-0.2, 0) is 9.53 Å². The van der Waals surface area contributed by atoms with Crippen molar-refractivity contribution in [3.63, 3.8) is 0 Å². The maximum atomic E-state index is 11.6. The van der Waals surface area contributed by atoms with Crippen LogP contribution < -0.4 is 0 Å². The summed E-state index contributed by atoms with van der Waals surface area (Å²) in [5, 5.41) is -0.430. The van der Waals surface area contributed by atoms with Crippen LogP contribution in [0.4, 0.5) is 4.79 Å². The standard InChI is InChI=1S/C11H18ClNO3/c1-11(2,3)9(14)16-8-4-6-13(7-5-8)10(12)15/h8H,4-7H2,1-3H3. The Hall–Kier alpha value is -0.770. The molecule has 0 radical (unpaired) electrons. The van der Waals surface area contributed by atoms with E-state index in [1.54, 1.807) is 4.90 Å². The van der Waals surface area contributed by atoms with Crippen molar-refractivity contribution in [2.75, 3.05) is 13.1 Å². The molecule has 1 heterocycles. The van der Waals surface area contributed by atoms with E-state index in [-0.39, 0.29) is 12.1 Å². The van der Waals surface area contributed by atoms with Gasteiger partial charge in [0.25, 0.3) is 0 Å². The summed E-state index contributed by atoms with van der Waals surface area (Å²) >= 11 is 5.36. The number of hydrogen-bond donors (Lipinski definition) is 0. The molecule has 0 aromatic rings. The van der Waals surface area contributed by atoms with Crippen LogP contribution in [-0.4, -0.2) is 35.4 Å². The Labute approximate surface area is 101 Å². The average Bonchev–Trinajstić information content (AvgIpc) is 2.17. The number of rotatable bonds is 1. The summed E-state index contributed by atoms with van der Waals surface area (Å²) in [4.78, 5) is 24.0. The minimum absolute atomic E-state index is 0.0843. The minimum Gasteiger partial charge on any atom is -0.462 e. The number of hydrogen-bond acceptors (Lipinski definition) is 3.